The highest BCUT2D eigenvalue weighted by atomic mass is 35.5. The number of fused-ring (bicyclic) bond motifs is 1. The molecule has 1 heterocycles. The molecule has 2 rings (SSSR count). The Morgan fingerprint density at radius 2 is 2.08 bits per heavy atom. The summed E-state index contributed by atoms with van der Waals surface area (Å²) in [6, 6.07) is 5.34. The van der Waals surface area contributed by atoms with Gasteiger partial charge in [-0.2, -0.15) is 0 Å². The summed E-state index contributed by atoms with van der Waals surface area (Å²) in [5.74, 6) is 0. The molecule has 0 unspecified atom stereocenters. The summed E-state index contributed by atoms with van der Waals surface area (Å²) in [6.07, 6.45) is 1.51. The second kappa shape index (κ2) is 2.60. The Bertz CT molecular complexity index is 391. The molecule has 0 saturated carbocycles. The van der Waals surface area contributed by atoms with Gasteiger partial charge in [-0.15, -0.1) is 0 Å². The standard InChI is InChI=1S/C8H6ClN3/c9-8-4-11-6-2-1-5(10)3-7(6)12-8/h1-4H,10H2. The fourth-order valence-electron chi connectivity index (χ4n) is 1.01. The van der Waals surface area contributed by atoms with Crippen LogP contribution in [0.2, 0.25) is 5.15 Å². The first-order valence-electron chi connectivity index (χ1n) is 3.43. The molecular formula is C8H6ClN3. The number of nitrogen functional groups attached to an aromatic ring is 1. The minimum absolute atomic E-state index is 0.383. The predicted molar refractivity (Wildman–Crippen MR) is 49.0 cm³/mol. The molecule has 2 aromatic rings. The molecule has 1 aromatic heterocycles. The highest BCUT2D eigenvalue weighted by Gasteiger charge is 1.96. The van der Waals surface area contributed by atoms with E-state index in [0.29, 0.717) is 10.8 Å². The van der Waals surface area contributed by atoms with Crippen LogP contribution in [-0.2, 0) is 0 Å². The minimum atomic E-state index is 0.383. The van der Waals surface area contributed by atoms with Crippen LogP contribution >= 0.6 is 11.6 Å². The van der Waals surface area contributed by atoms with Crippen molar-refractivity contribution in [3.05, 3.63) is 29.5 Å². The van der Waals surface area contributed by atoms with E-state index in [1.54, 1.807) is 12.1 Å². The summed E-state index contributed by atoms with van der Waals surface area (Å²) in [6.45, 7) is 0. The Hall–Kier alpha value is -1.35. The number of aromatic nitrogens is 2. The van der Waals surface area contributed by atoms with E-state index >= 15 is 0 Å². The lowest BCUT2D eigenvalue weighted by molar-refractivity contribution is 1.29. The van der Waals surface area contributed by atoms with Crippen LogP contribution in [0.15, 0.2) is 24.4 Å². The molecule has 0 amide bonds. The van der Waals surface area contributed by atoms with E-state index in [1.165, 1.54) is 6.20 Å². The number of benzene rings is 1. The Balaban J connectivity index is 2.80. The third kappa shape index (κ3) is 1.19. The average molecular weight is 180 g/mol. The second-order valence-electron chi connectivity index (χ2n) is 2.44. The molecule has 0 aliphatic heterocycles. The molecule has 60 valence electrons. The van der Waals surface area contributed by atoms with Crippen LogP contribution in [0.3, 0.4) is 0 Å². The third-order valence-corrected chi connectivity index (χ3v) is 1.72. The van der Waals surface area contributed by atoms with Gasteiger partial charge in [0.15, 0.2) is 0 Å². The first-order valence-corrected chi connectivity index (χ1v) is 3.81. The maximum Gasteiger partial charge on any atom is 0.148 e. The van der Waals surface area contributed by atoms with E-state index in [4.69, 9.17) is 17.3 Å². The number of hydrogen-bond donors (Lipinski definition) is 1. The Kier molecular flexibility index (Phi) is 1.59. The summed E-state index contributed by atoms with van der Waals surface area (Å²) >= 11 is 5.66. The van der Waals surface area contributed by atoms with E-state index in [0.717, 1.165) is 11.0 Å². The summed E-state index contributed by atoms with van der Waals surface area (Å²) in [5.41, 5.74) is 7.75. The zero-order valence-electron chi connectivity index (χ0n) is 6.16. The fraction of sp³-hybridized carbons (Fsp3) is 0. The summed E-state index contributed by atoms with van der Waals surface area (Å²) in [5, 5.41) is 0.383. The molecular weight excluding hydrogens is 174 g/mol. The molecule has 0 spiro atoms. The molecule has 0 aliphatic carbocycles. The van der Waals surface area contributed by atoms with Crippen molar-refractivity contribution in [2.75, 3.05) is 5.73 Å². The topological polar surface area (TPSA) is 51.8 Å². The van der Waals surface area contributed by atoms with Gasteiger partial charge in [-0.05, 0) is 18.2 Å². The monoisotopic (exact) mass is 179 g/mol. The number of hydrogen-bond acceptors (Lipinski definition) is 3. The van der Waals surface area contributed by atoms with Crippen LogP contribution in [0.25, 0.3) is 11.0 Å². The van der Waals surface area contributed by atoms with Gasteiger partial charge in [0.1, 0.15) is 5.15 Å². The van der Waals surface area contributed by atoms with E-state index in [1.807, 2.05) is 6.07 Å². The molecule has 12 heavy (non-hydrogen) atoms. The fourth-order valence-corrected chi connectivity index (χ4v) is 1.15. The first-order chi connectivity index (χ1) is 5.75. The van der Waals surface area contributed by atoms with Gasteiger partial charge < -0.3 is 5.73 Å². The highest BCUT2D eigenvalue weighted by Crippen LogP contribution is 2.14. The van der Waals surface area contributed by atoms with Crippen LogP contribution in [0.1, 0.15) is 0 Å². The van der Waals surface area contributed by atoms with Crippen LogP contribution in [0.5, 0.6) is 0 Å². The number of nitrogens with zero attached hydrogens (tertiary/aromatic N) is 2. The van der Waals surface area contributed by atoms with Gasteiger partial charge in [0.2, 0.25) is 0 Å². The van der Waals surface area contributed by atoms with Crippen LogP contribution in [0, 0.1) is 0 Å². The zero-order chi connectivity index (χ0) is 8.55. The van der Waals surface area contributed by atoms with Gasteiger partial charge in [-0.3, -0.25) is 4.98 Å². The van der Waals surface area contributed by atoms with E-state index in [2.05, 4.69) is 9.97 Å². The van der Waals surface area contributed by atoms with Gasteiger partial charge in [0.25, 0.3) is 0 Å². The SMILES string of the molecule is Nc1ccc2ncc(Cl)nc2c1. The van der Waals surface area contributed by atoms with Crippen molar-refractivity contribution >= 4 is 28.3 Å². The summed E-state index contributed by atoms with van der Waals surface area (Å²) in [4.78, 5) is 8.13. The molecule has 0 aliphatic rings. The van der Waals surface area contributed by atoms with Crippen molar-refractivity contribution in [2.24, 2.45) is 0 Å². The summed E-state index contributed by atoms with van der Waals surface area (Å²) in [7, 11) is 0. The van der Waals surface area contributed by atoms with Crippen LogP contribution in [0.4, 0.5) is 5.69 Å². The van der Waals surface area contributed by atoms with Crippen molar-refractivity contribution in [3.63, 3.8) is 0 Å². The maximum absolute atomic E-state index is 5.66. The molecule has 0 radical (unpaired) electrons. The van der Waals surface area contributed by atoms with Gasteiger partial charge in [-0.25, -0.2) is 4.98 Å². The van der Waals surface area contributed by atoms with Gasteiger partial charge >= 0.3 is 0 Å². The predicted octanol–water partition coefficient (Wildman–Crippen LogP) is 1.87. The number of rotatable bonds is 0. The Morgan fingerprint density at radius 3 is 2.92 bits per heavy atom. The maximum atomic E-state index is 5.66. The molecule has 0 bridgehead atoms. The largest absolute Gasteiger partial charge is 0.399 e. The van der Waals surface area contributed by atoms with Gasteiger partial charge in [0, 0.05) is 5.69 Å². The molecule has 2 N–H and O–H groups in total. The lowest BCUT2D eigenvalue weighted by Crippen LogP contribution is -1.87. The number of nitrogens with two attached hydrogens (primary N) is 1. The molecule has 0 atom stereocenters. The van der Waals surface area contributed by atoms with Crippen molar-refractivity contribution in [1.82, 2.24) is 9.97 Å². The van der Waals surface area contributed by atoms with Crippen molar-refractivity contribution in [2.45, 2.75) is 0 Å². The minimum Gasteiger partial charge on any atom is -0.399 e. The average Bonchev–Trinajstić information content (AvgIpc) is 2.03. The lowest BCUT2D eigenvalue weighted by atomic mass is 10.3. The smallest absolute Gasteiger partial charge is 0.148 e. The van der Waals surface area contributed by atoms with Crippen molar-refractivity contribution in [1.29, 1.82) is 0 Å². The molecule has 3 nitrogen and oxygen atoms in total. The molecule has 1 aromatic carbocycles. The van der Waals surface area contributed by atoms with Crippen molar-refractivity contribution < 1.29 is 0 Å². The second-order valence-corrected chi connectivity index (χ2v) is 2.83. The van der Waals surface area contributed by atoms with Crippen LogP contribution in [-0.4, -0.2) is 9.97 Å². The third-order valence-electron chi connectivity index (χ3n) is 1.54. The van der Waals surface area contributed by atoms with Crippen LogP contribution < -0.4 is 5.73 Å². The first kappa shape index (κ1) is 7.31. The number of anilines is 1. The van der Waals surface area contributed by atoms with E-state index in [9.17, 15) is 0 Å². The molecule has 0 saturated heterocycles. The Morgan fingerprint density at radius 1 is 1.25 bits per heavy atom. The van der Waals surface area contributed by atoms with E-state index in [-0.39, 0.29) is 0 Å². The Labute approximate surface area is 74.2 Å². The van der Waals surface area contributed by atoms with Crippen molar-refractivity contribution in [3.8, 4) is 0 Å². The van der Waals surface area contributed by atoms with Gasteiger partial charge in [-0.1, -0.05) is 11.6 Å². The zero-order valence-corrected chi connectivity index (χ0v) is 6.92. The van der Waals surface area contributed by atoms with Gasteiger partial charge in [0.05, 0.1) is 17.2 Å². The van der Waals surface area contributed by atoms with E-state index < -0.39 is 0 Å². The normalized spacial score (nSPS) is 10.4. The molecule has 0 fully saturated rings. The lowest BCUT2D eigenvalue weighted by Gasteiger charge is -1.97. The highest BCUT2D eigenvalue weighted by molar-refractivity contribution is 6.29. The number of halogens is 1. The molecule has 4 heteroatoms. The quantitative estimate of drug-likeness (QED) is 0.628. The summed E-state index contributed by atoms with van der Waals surface area (Å²) < 4.78 is 0.